The van der Waals surface area contributed by atoms with E-state index in [0.717, 1.165) is 23.9 Å². The molecule has 1 aliphatic rings. The fraction of sp³-hybridized carbons (Fsp3) is 0.636. The molecule has 82 valence electrons. The Hall–Kier alpha value is -0.640. The lowest BCUT2D eigenvalue weighted by molar-refractivity contribution is 0.394. The molecule has 1 unspecified atom stereocenters. The third-order valence-corrected chi connectivity index (χ3v) is 3.69. The summed E-state index contributed by atoms with van der Waals surface area (Å²) in [7, 11) is 1.64. The van der Waals surface area contributed by atoms with E-state index in [1.807, 2.05) is 13.0 Å². The highest BCUT2D eigenvalue weighted by atomic mass is 79.9. The molecule has 1 atom stereocenters. The number of aromatic nitrogens is 2. The van der Waals surface area contributed by atoms with Crippen LogP contribution in [-0.4, -0.2) is 21.9 Å². The van der Waals surface area contributed by atoms with Gasteiger partial charge in [0, 0.05) is 23.0 Å². The van der Waals surface area contributed by atoms with Crippen LogP contribution in [0.4, 0.5) is 0 Å². The van der Waals surface area contributed by atoms with Crippen molar-refractivity contribution in [1.82, 2.24) is 9.97 Å². The van der Waals surface area contributed by atoms with Gasteiger partial charge in [0.05, 0.1) is 7.11 Å². The zero-order valence-corrected chi connectivity index (χ0v) is 10.6. The van der Waals surface area contributed by atoms with Crippen molar-refractivity contribution in [2.45, 2.75) is 31.0 Å². The molecule has 0 aliphatic heterocycles. The van der Waals surface area contributed by atoms with Crippen LogP contribution < -0.4 is 4.74 Å². The van der Waals surface area contributed by atoms with Crippen LogP contribution in [0.25, 0.3) is 0 Å². The summed E-state index contributed by atoms with van der Waals surface area (Å²) >= 11 is 3.71. The number of ether oxygens (including phenoxy) is 1. The van der Waals surface area contributed by atoms with Gasteiger partial charge in [0.1, 0.15) is 5.82 Å². The number of methoxy groups -OCH3 is 1. The van der Waals surface area contributed by atoms with E-state index in [4.69, 9.17) is 4.74 Å². The largest absolute Gasteiger partial charge is 0.481 e. The zero-order chi connectivity index (χ0) is 10.8. The average molecular weight is 271 g/mol. The first-order chi connectivity index (χ1) is 7.19. The van der Waals surface area contributed by atoms with Crippen LogP contribution in [-0.2, 0) is 6.42 Å². The minimum atomic E-state index is 0.552. The molecule has 1 fully saturated rings. The van der Waals surface area contributed by atoms with Crippen LogP contribution in [0.2, 0.25) is 0 Å². The summed E-state index contributed by atoms with van der Waals surface area (Å²) in [5.74, 6) is 2.28. The number of rotatable bonds is 4. The number of nitrogens with zero attached hydrogens (tertiary/aromatic N) is 2. The predicted molar refractivity (Wildman–Crippen MR) is 62.5 cm³/mol. The maximum absolute atomic E-state index is 5.13. The first-order valence-electron chi connectivity index (χ1n) is 5.21. The summed E-state index contributed by atoms with van der Waals surface area (Å²) in [5, 5.41) is 0. The molecule has 0 radical (unpaired) electrons. The van der Waals surface area contributed by atoms with Crippen LogP contribution in [0.15, 0.2) is 6.07 Å². The summed E-state index contributed by atoms with van der Waals surface area (Å²) in [4.78, 5) is 9.13. The highest BCUT2D eigenvalue weighted by Gasteiger charge is 2.29. The van der Waals surface area contributed by atoms with Crippen LogP contribution in [0, 0.1) is 12.8 Å². The molecule has 1 heterocycles. The average Bonchev–Trinajstić information content (AvgIpc) is 2.99. The van der Waals surface area contributed by atoms with Gasteiger partial charge in [0.2, 0.25) is 5.88 Å². The van der Waals surface area contributed by atoms with Crippen molar-refractivity contribution < 1.29 is 4.74 Å². The topological polar surface area (TPSA) is 35.0 Å². The van der Waals surface area contributed by atoms with Gasteiger partial charge in [-0.3, -0.25) is 0 Å². The minimum Gasteiger partial charge on any atom is -0.481 e. The van der Waals surface area contributed by atoms with Gasteiger partial charge in [-0.1, -0.05) is 15.9 Å². The van der Waals surface area contributed by atoms with E-state index in [9.17, 15) is 0 Å². The highest BCUT2D eigenvalue weighted by molar-refractivity contribution is 9.09. The molecule has 0 N–H and O–H groups in total. The molecule has 0 amide bonds. The van der Waals surface area contributed by atoms with E-state index < -0.39 is 0 Å². The molecule has 0 spiro atoms. The normalized spacial score (nSPS) is 17.5. The first kappa shape index (κ1) is 10.9. The lowest BCUT2D eigenvalue weighted by atomic mass is 10.1. The Bertz CT molecular complexity index is 352. The van der Waals surface area contributed by atoms with Gasteiger partial charge in [-0.15, -0.1) is 0 Å². The lowest BCUT2D eigenvalue weighted by Crippen LogP contribution is -2.08. The third kappa shape index (κ3) is 2.91. The van der Waals surface area contributed by atoms with Gasteiger partial charge >= 0.3 is 0 Å². The molecule has 1 aromatic heterocycles. The number of hydrogen-bond acceptors (Lipinski definition) is 3. The van der Waals surface area contributed by atoms with Gasteiger partial charge in [0.15, 0.2) is 0 Å². The van der Waals surface area contributed by atoms with E-state index in [1.54, 1.807) is 7.11 Å². The molecule has 0 aromatic carbocycles. The molecule has 1 aromatic rings. The van der Waals surface area contributed by atoms with Gasteiger partial charge in [-0.05, 0) is 25.7 Å². The second-order valence-electron chi connectivity index (χ2n) is 4.01. The summed E-state index contributed by atoms with van der Waals surface area (Å²) < 4.78 is 5.13. The van der Waals surface area contributed by atoms with Gasteiger partial charge in [0.25, 0.3) is 0 Å². The van der Waals surface area contributed by atoms with Gasteiger partial charge < -0.3 is 4.74 Å². The van der Waals surface area contributed by atoms with Crippen molar-refractivity contribution in [3.05, 3.63) is 17.6 Å². The standard InChI is InChI=1S/C11H15BrN2O/c1-7-13-9(6-11(14-7)15-2)5-10(12)8-3-4-8/h6,8,10H,3-5H2,1-2H3. The Morgan fingerprint density at radius 2 is 2.27 bits per heavy atom. The summed E-state index contributed by atoms with van der Waals surface area (Å²) in [6, 6.07) is 1.92. The number of halogens is 1. The SMILES string of the molecule is COc1cc(CC(Br)C2CC2)nc(C)n1. The number of hydrogen-bond donors (Lipinski definition) is 0. The summed E-state index contributed by atoms with van der Waals surface area (Å²) in [6.07, 6.45) is 3.65. The minimum absolute atomic E-state index is 0.552. The monoisotopic (exact) mass is 270 g/mol. The van der Waals surface area contributed by atoms with E-state index in [1.165, 1.54) is 12.8 Å². The van der Waals surface area contributed by atoms with Gasteiger partial charge in [-0.25, -0.2) is 4.98 Å². The maximum atomic E-state index is 5.13. The van der Waals surface area contributed by atoms with Crippen molar-refractivity contribution in [2.75, 3.05) is 7.11 Å². The van der Waals surface area contributed by atoms with E-state index in [-0.39, 0.29) is 0 Å². The summed E-state index contributed by atoms with van der Waals surface area (Å²) in [6.45, 7) is 1.90. The molecular formula is C11H15BrN2O. The fourth-order valence-corrected chi connectivity index (χ4v) is 2.49. The second-order valence-corrected chi connectivity index (χ2v) is 5.18. The molecule has 15 heavy (non-hydrogen) atoms. The molecule has 0 bridgehead atoms. The van der Waals surface area contributed by atoms with Gasteiger partial charge in [-0.2, -0.15) is 4.98 Å². The van der Waals surface area contributed by atoms with Crippen molar-refractivity contribution in [3.63, 3.8) is 0 Å². The molecule has 1 saturated carbocycles. The molecule has 1 aliphatic carbocycles. The number of alkyl halides is 1. The third-order valence-electron chi connectivity index (χ3n) is 2.61. The Morgan fingerprint density at radius 3 is 2.87 bits per heavy atom. The van der Waals surface area contributed by atoms with Crippen molar-refractivity contribution in [1.29, 1.82) is 0 Å². The van der Waals surface area contributed by atoms with Crippen LogP contribution in [0.1, 0.15) is 24.4 Å². The van der Waals surface area contributed by atoms with Crippen LogP contribution >= 0.6 is 15.9 Å². The Balaban J connectivity index is 2.08. The second kappa shape index (κ2) is 4.47. The summed E-state index contributed by atoms with van der Waals surface area (Å²) in [5.41, 5.74) is 1.06. The highest BCUT2D eigenvalue weighted by Crippen LogP contribution is 2.38. The van der Waals surface area contributed by atoms with E-state index in [0.29, 0.717) is 10.7 Å². The smallest absolute Gasteiger partial charge is 0.216 e. The Morgan fingerprint density at radius 1 is 1.53 bits per heavy atom. The predicted octanol–water partition coefficient (Wildman–Crippen LogP) is 2.51. The fourth-order valence-electron chi connectivity index (χ4n) is 1.63. The maximum Gasteiger partial charge on any atom is 0.216 e. The van der Waals surface area contributed by atoms with Crippen LogP contribution in [0.3, 0.4) is 0 Å². The Labute approximate surface area is 98.4 Å². The van der Waals surface area contributed by atoms with Crippen molar-refractivity contribution in [2.24, 2.45) is 5.92 Å². The molecular weight excluding hydrogens is 256 g/mol. The molecule has 4 heteroatoms. The number of aryl methyl sites for hydroxylation is 1. The lowest BCUT2D eigenvalue weighted by Gasteiger charge is -2.09. The van der Waals surface area contributed by atoms with Crippen molar-refractivity contribution >= 4 is 15.9 Å². The molecule has 3 nitrogen and oxygen atoms in total. The van der Waals surface area contributed by atoms with Crippen LogP contribution in [0.5, 0.6) is 5.88 Å². The quantitative estimate of drug-likeness (QED) is 0.789. The first-order valence-corrected chi connectivity index (χ1v) is 6.13. The molecule has 0 saturated heterocycles. The van der Waals surface area contributed by atoms with Crippen molar-refractivity contribution in [3.8, 4) is 5.88 Å². The molecule has 2 rings (SSSR count). The zero-order valence-electron chi connectivity index (χ0n) is 9.03. The van der Waals surface area contributed by atoms with E-state index >= 15 is 0 Å². The van der Waals surface area contributed by atoms with E-state index in [2.05, 4.69) is 25.9 Å². The Kier molecular flexibility index (Phi) is 3.24.